The lowest BCUT2D eigenvalue weighted by molar-refractivity contribution is 0.413. The first kappa shape index (κ1) is 10.2. The van der Waals surface area contributed by atoms with Gasteiger partial charge in [-0.3, -0.25) is 0 Å². The molecule has 0 heterocycles. The van der Waals surface area contributed by atoms with Crippen molar-refractivity contribution in [2.75, 3.05) is 0 Å². The Morgan fingerprint density at radius 2 is 1.91 bits per heavy atom. The van der Waals surface area contributed by atoms with Crippen molar-refractivity contribution < 1.29 is 0 Å². The number of rotatable bonds is 1. The molecule has 0 bridgehead atoms. The van der Waals surface area contributed by atoms with Gasteiger partial charge in [0.1, 0.15) is 4.84 Å². The van der Waals surface area contributed by atoms with Crippen molar-refractivity contribution in [3.63, 3.8) is 0 Å². The van der Waals surface area contributed by atoms with Gasteiger partial charge in [0.05, 0.1) is 10.3 Å². The van der Waals surface area contributed by atoms with Crippen LogP contribution in [0.3, 0.4) is 0 Å². The third-order valence-electron chi connectivity index (χ3n) is 2.15. The molecule has 1 fully saturated rings. The zero-order chi connectivity index (χ0) is 8.48. The van der Waals surface area contributed by atoms with E-state index in [1.165, 1.54) is 0 Å². The Bertz CT molecular complexity index is 136. The van der Waals surface area contributed by atoms with E-state index < -0.39 is 9.71 Å². The topological polar surface area (TPSA) is 0 Å². The summed E-state index contributed by atoms with van der Waals surface area (Å²) < 4.78 is 0. The molecule has 0 aromatic heterocycles. The molecule has 2 unspecified atom stereocenters. The standard InChI is InChI=1S/C7H10Cl4/c8-5-3-1-2-4-7(5,11)6(9)10/h5-6H,1-4H2. The molecule has 0 spiro atoms. The number of hydrogen-bond donors (Lipinski definition) is 0. The second-order valence-corrected chi connectivity index (χ2v) is 5.27. The molecule has 1 saturated carbocycles. The summed E-state index contributed by atoms with van der Waals surface area (Å²) in [5.41, 5.74) is 0. The van der Waals surface area contributed by atoms with Gasteiger partial charge in [-0.05, 0) is 12.8 Å². The van der Waals surface area contributed by atoms with Gasteiger partial charge in [0.2, 0.25) is 0 Å². The van der Waals surface area contributed by atoms with Crippen LogP contribution in [0, 0.1) is 0 Å². The lowest BCUT2D eigenvalue weighted by Gasteiger charge is -2.36. The largest absolute Gasteiger partial charge is 0.128 e. The van der Waals surface area contributed by atoms with Crippen LogP contribution >= 0.6 is 46.4 Å². The van der Waals surface area contributed by atoms with E-state index in [1.807, 2.05) is 0 Å². The predicted molar refractivity (Wildman–Crippen MR) is 52.2 cm³/mol. The highest BCUT2D eigenvalue weighted by Crippen LogP contribution is 2.43. The number of halogens is 4. The van der Waals surface area contributed by atoms with Gasteiger partial charge in [-0.25, -0.2) is 0 Å². The van der Waals surface area contributed by atoms with Crippen LogP contribution in [0.25, 0.3) is 0 Å². The van der Waals surface area contributed by atoms with Gasteiger partial charge in [-0.15, -0.1) is 46.4 Å². The highest BCUT2D eigenvalue weighted by molar-refractivity contribution is 6.51. The zero-order valence-electron chi connectivity index (χ0n) is 5.99. The minimum Gasteiger partial charge on any atom is -0.121 e. The SMILES string of the molecule is ClC(Cl)C1(Cl)CCCCC1Cl. The molecule has 0 aliphatic heterocycles. The van der Waals surface area contributed by atoms with E-state index in [2.05, 4.69) is 0 Å². The molecule has 66 valence electrons. The Kier molecular flexibility index (Phi) is 3.64. The summed E-state index contributed by atoms with van der Waals surface area (Å²) in [6, 6.07) is 0. The van der Waals surface area contributed by atoms with Crippen molar-refractivity contribution in [1.29, 1.82) is 0 Å². The average Bonchev–Trinajstić information content (AvgIpc) is 1.95. The Morgan fingerprint density at radius 3 is 2.27 bits per heavy atom. The van der Waals surface area contributed by atoms with Gasteiger partial charge < -0.3 is 0 Å². The van der Waals surface area contributed by atoms with Crippen LogP contribution in [-0.2, 0) is 0 Å². The van der Waals surface area contributed by atoms with Crippen molar-refractivity contribution in [3.05, 3.63) is 0 Å². The van der Waals surface area contributed by atoms with Crippen LogP contribution in [-0.4, -0.2) is 15.1 Å². The van der Waals surface area contributed by atoms with Crippen molar-refractivity contribution in [1.82, 2.24) is 0 Å². The van der Waals surface area contributed by atoms with Crippen molar-refractivity contribution in [3.8, 4) is 0 Å². The Balaban J connectivity index is 2.64. The van der Waals surface area contributed by atoms with Crippen LogP contribution in [0.4, 0.5) is 0 Å². The third-order valence-corrected chi connectivity index (χ3v) is 4.54. The Morgan fingerprint density at radius 1 is 1.27 bits per heavy atom. The van der Waals surface area contributed by atoms with E-state index in [1.54, 1.807) is 0 Å². The van der Waals surface area contributed by atoms with Crippen LogP contribution in [0.15, 0.2) is 0 Å². The molecule has 0 amide bonds. The fourth-order valence-electron chi connectivity index (χ4n) is 1.36. The zero-order valence-corrected chi connectivity index (χ0v) is 9.02. The summed E-state index contributed by atoms with van der Waals surface area (Å²) in [6.07, 6.45) is 3.94. The van der Waals surface area contributed by atoms with Gasteiger partial charge in [-0.2, -0.15) is 0 Å². The van der Waals surface area contributed by atoms with Gasteiger partial charge in [0, 0.05) is 0 Å². The molecule has 0 radical (unpaired) electrons. The van der Waals surface area contributed by atoms with Crippen LogP contribution in [0.2, 0.25) is 0 Å². The number of hydrogen-bond acceptors (Lipinski definition) is 0. The molecule has 2 atom stereocenters. The molecule has 0 aromatic rings. The molecule has 0 saturated heterocycles. The Labute approximate surface area is 87.1 Å². The highest BCUT2D eigenvalue weighted by Gasteiger charge is 2.43. The summed E-state index contributed by atoms with van der Waals surface area (Å²) >= 11 is 23.7. The molecule has 4 heteroatoms. The minimum absolute atomic E-state index is 0.0853. The van der Waals surface area contributed by atoms with Crippen LogP contribution in [0.5, 0.6) is 0 Å². The van der Waals surface area contributed by atoms with Gasteiger partial charge >= 0.3 is 0 Å². The summed E-state index contributed by atoms with van der Waals surface area (Å²) in [7, 11) is 0. The molecular weight excluding hydrogens is 226 g/mol. The van der Waals surface area contributed by atoms with Gasteiger partial charge in [0.15, 0.2) is 0 Å². The average molecular weight is 236 g/mol. The molecule has 1 aliphatic carbocycles. The first-order valence-electron chi connectivity index (χ1n) is 3.68. The quantitative estimate of drug-likeness (QED) is 0.604. The summed E-state index contributed by atoms with van der Waals surface area (Å²) in [5, 5.41) is -0.0853. The lowest BCUT2D eigenvalue weighted by Crippen LogP contribution is -2.41. The summed E-state index contributed by atoms with van der Waals surface area (Å²) in [4.78, 5) is -1.16. The van der Waals surface area contributed by atoms with E-state index in [9.17, 15) is 0 Å². The summed E-state index contributed by atoms with van der Waals surface area (Å²) in [5.74, 6) is 0. The first-order chi connectivity index (χ1) is 5.07. The second-order valence-electron chi connectivity index (χ2n) is 2.94. The van der Waals surface area contributed by atoms with Crippen LogP contribution in [0.1, 0.15) is 25.7 Å². The number of alkyl halides is 4. The smallest absolute Gasteiger partial charge is 0.121 e. The Hall–Kier alpha value is 1.16. The van der Waals surface area contributed by atoms with Crippen molar-refractivity contribution in [2.45, 2.75) is 40.8 Å². The highest BCUT2D eigenvalue weighted by atomic mass is 35.5. The van der Waals surface area contributed by atoms with Crippen molar-refractivity contribution >= 4 is 46.4 Å². The minimum atomic E-state index is -0.594. The van der Waals surface area contributed by atoms with Gasteiger partial charge in [-0.1, -0.05) is 12.8 Å². The van der Waals surface area contributed by atoms with Crippen molar-refractivity contribution in [2.24, 2.45) is 0 Å². The van der Waals surface area contributed by atoms with E-state index in [0.717, 1.165) is 25.7 Å². The molecule has 1 aliphatic rings. The maximum Gasteiger partial charge on any atom is 0.128 e. The molecule has 0 nitrogen and oxygen atoms in total. The monoisotopic (exact) mass is 234 g/mol. The normalized spacial score (nSPS) is 39.5. The predicted octanol–water partition coefficient (Wildman–Crippen LogP) is 3.95. The fraction of sp³-hybridized carbons (Fsp3) is 1.00. The summed E-state index contributed by atoms with van der Waals surface area (Å²) in [6.45, 7) is 0. The van der Waals surface area contributed by atoms with E-state index in [4.69, 9.17) is 46.4 Å². The second kappa shape index (κ2) is 3.91. The van der Waals surface area contributed by atoms with Gasteiger partial charge in [0.25, 0.3) is 0 Å². The molecule has 11 heavy (non-hydrogen) atoms. The van der Waals surface area contributed by atoms with E-state index in [0.29, 0.717) is 0 Å². The molecular formula is C7H10Cl4. The third kappa shape index (κ3) is 2.09. The molecule has 0 aromatic carbocycles. The van der Waals surface area contributed by atoms with E-state index in [-0.39, 0.29) is 5.38 Å². The first-order valence-corrected chi connectivity index (χ1v) is 5.37. The molecule has 0 N–H and O–H groups in total. The maximum atomic E-state index is 6.16. The maximum absolute atomic E-state index is 6.16. The van der Waals surface area contributed by atoms with Crippen LogP contribution < -0.4 is 0 Å². The van der Waals surface area contributed by atoms with E-state index >= 15 is 0 Å². The molecule has 1 rings (SSSR count). The fourth-order valence-corrected chi connectivity index (χ4v) is 2.65. The lowest BCUT2D eigenvalue weighted by atomic mass is 9.89.